The molecule has 0 atom stereocenters. The second kappa shape index (κ2) is 4.58. The molecule has 0 aromatic heterocycles. The van der Waals surface area contributed by atoms with E-state index < -0.39 is 9.52 Å². The smallest absolute Gasteiger partial charge is 0.218 e. The summed E-state index contributed by atoms with van der Waals surface area (Å²) in [6.07, 6.45) is 0. The lowest BCUT2D eigenvalue weighted by atomic mass is 10.1. The molecule has 0 saturated carbocycles. The second-order valence-corrected chi connectivity index (χ2v) is 5.40. The minimum absolute atomic E-state index is 0.201. The van der Waals surface area contributed by atoms with E-state index in [1.165, 1.54) is 16.3 Å². The Morgan fingerprint density at radius 1 is 1.46 bits per heavy atom. The van der Waals surface area contributed by atoms with Crippen LogP contribution in [0.15, 0.2) is 18.2 Å². The van der Waals surface area contributed by atoms with Crippen LogP contribution < -0.4 is 5.19 Å². The minimum atomic E-state index is -0.491. The molecule has 0 radical (unpaired) electrons. The van der Waals surface area contributed by atoms with Gasteiger partial charge in [-0.25, -0.2) is 0 Å². The third-order valence-electron chi connectivity index (χ3n) is 2.31. The zero-order valence-electron chi connectivity index (χ0n) is 7.93. The van der Waals surface area contributed by atoms with E-state index in [0.717, 1.165) is 0 Å². The second-order valence-electron chi connectivity index (χ2n) is 3.21. The Balaban J connectivity index is 2.77. The summed E-state index contributed by atoms with van der Waals surface area (Å²) >= 11 is 5.32. The summed E-state index contributed by atoms with van der Waals surface area (Å²) < 4.78 is 0. The summed E-state index contributed by atoms with van der Waals surface area (Å²) in [7, 11) is -0.491. The maximum atomic E-state index is 10.6. The molecule has 1 aromatic rings. The van der Waals surface area contributed by atoms with E-state index >= 15 is 0 Å². The highest BCUT2D eigenvalue weighted by Gasteiger charge is 2.03. The molecule has 1 aromatic carbocycles. The summed E-state index contributed by atoms with van der Waals surface area (Å²) in [5, 5.41) is 1.15. The van der Waals surface area contributed by atoms with Gasteiger partial charge in [-0.2, -0.15) is 0 Å². The van der Waals surface area contributed by atoms with Gasteiger partial charge in [-0.15, -0.1) is 0 Å². The molecular weight excluding hydrogens is 200 g/mol. The predicted octanol–water partition coefficient (Wildman–Crippen LogP) is 1.28. The lowest BCUT2D eigenvalue weighted by Gasteiger charge is -2.06. The number of hydrogen-bond acceptors (Lipinski definition) is 1. The third kappa shape index (κ3) is 2.97. The number of halogens is 1. The first-order chi connectivity index (χ1) is 6.11. The standard InChI is InChI=1S/C10H13ClOSi/c1-7-4-3-5-9(8(7)2)13-6-10(11)12/h3-5H,6,13H2,1-2H3. The van der Waals surface area contributed by atoms with Gasteiger partial charge in [-0.3, -0.25) is 4.79 Å². The number of benzene rings is 1. The van der Waals surface area contributed by atoms with Crippen LogP contribution in [0.25, 0.3) is 0 Å². The number of hydrogen-bond donors (Lipinski definition) is 0. The van der Waals surface area contributed by atoms with Crippen molar-refractivity contribution in [1.29, 1.82) is 0 Å². The Kier molecular flexibility index (Phi) is 3.69. The summed E-state index contributed by atoms with van der Waals surface area (Å²) in [5.74, 6) is 0. The fraction of sp³-hybridized carbons (Fsp3) is 0.300. The zero-order valence-corrected chi connectivity index (χ0v) is 10.1. The van der Waals surface area contributed by atoms with Crippen LogP contribution >= 0.6 is 11.6 Å². The van der Waals surface area contributed by atoms with Gasteiger partial charge in [0.25, 0.3) is 0 Å². The van der Waals surface area contributed by atoms with Crippen molar-refractivity contribution >= 4 is 31.5 Å². The molecule has 1 rings (SSSR count). The molecule has 0 bridgehead atoms. The summed E-state index contributed by atoms with van der Waals surface area (Å²) in [6.45, 7) is 4.20. The van der Waals surface area contributed by atoms with Crippen LogP contribution in [0.3, 0.4) is 0 Å². The van der Waals surface area contributed by atoms with Gasteiger partial charge in [0.1, 0.15) is 0 Å². The van der Waals surface area contributed by atoms with E-state index in [4.69, 9.17) is 11.6 Å². The first kappa shape index (κ1) is 10.5. The van der Waals surface area contributed by atoms with E-state index in [0.29, 0.717) is 6.04 Å². The Bertz CT molecular complexity index is 323. The van der Waals surface area contributed by atoms with Gasteiger partial charge in [-0.05, 0) is 36.6 Å². The monoisotopic (exact) mass is 212 g/mol. The normalized spacial score (nSPS) is 11.0. The molecule has 13 heavy (non-hydrogen) atoms. The Morgan fingerprint density at radius 2 is 2.15 bits per heavy atom. The van der Waals surface area contributed by atoms with Crippen LogP contribution in [-0.4, -0.2) is 14.8 Å². The van der Waals surface area contributed by atoms with Crippen LogP contribution in [0.5, 0.6) is 0 Å². The van der Waals surface area contributed by atoms with Gasteiger partial charge in [-0.1, -0.05) is 23.4 Å². The summed E-state index contributed by atoms with van der Waals surface area (Å²) in [5.41, 5.74) is 2.62. The van der Waals surface area contributed by atoms with Gasteiger partial charge < -0.3 is 0 Å². The van der Waals surface area contributed by atoms with Crippen molar-refractivity contribution in [2.24, 2.45) is 0 Å². The maximum absolute atomic E-state index is 10.6. The van der Waals surface area contributed by atoms with Crippen molar-refractivity contribution in [1.82, 2.24) is 0 Å². The molecule has 0 spiro atoms. The van der Waals surface area contributed by atoms with Crippen molar-refractivity contribution in [3.63, 3.8) is 0 Å². The fourth-order valence-electron chi connectivity index (χ4n) is 1.32. The molecule has 0 heterocycles. The fourth-order valence-corrected chi connectivity index (χ4v) is 3.02. The van der Waals surface area contributed by atoms with Gasteiger partial charge >= 0.3 is 0 Å². The van der Waals surface area contributed by atoms with E-state index in [9.17, 15) is 4.79 Å². The number of aryl methyl sites for hydroxylation is 1. The van der Waals surface area contributed by atoms with Crippen LogP contribution in [0.4, 0.5) is 0 Å². The van der Waals surface area contributed by atoms with E-state index in [1.807, 2.05) is 6.07 Å². The van der Waals surface area contributed by atoms with Crippen LogP contribution in [0.1, 0.15) is 11.1 Å². The molecule has 0 fully saturated rings. The first-order valence-electron chi connectivity index (χ1n) is 4.34. The summed E-state index contributed by atoms with van der Waals surface area (Å²) in [4.78, 5) is 10.6. The average molecular weight is 213 g/mol. The van der Waals surface area contributed by atoms with E-state index in [1.54, 1.807) is 0 Å². The molecule has 70 valence electrons. The Labute approximate surface area is 85.9 Å². The maximum Gasteiger partial charge on any atom is 0.218 e. The van der Waals surface area contributed by atoms with Gasteiger partial charge in [0, 0.05) is 6.04 Å². The number of rotatable bonds is 3. The van der Waals surface area contributed by atoms with Crippen molar-refractivity contribution < 1.29 is 4.79 Å². The molecular formula is C10H13ClOSi. The quantitative estimate of drug-likeness (QED) is 0.545. The lowest BCUT2D eigenvalue weighted by Crippen LogP contribution is -2.19. The van der Waals surface area contributed by atoms with Crippen molar-refractivity contribution in [3.8, 4) is 0 Å². The average Bonchev–Trinajstić information content (AvgIpc) is 2.07. The van der Waals surface area contributed by atoms with E-state index in [2.05, 4.69) is 26.0 Å². The highest BCUT2D eigenvalue weighted by Crippen LogP contribution is 2.02. The Hall–Kier alpha value is -0.603. The topological polar surface area (TPSA) is 17.1 Å². The predicted molar refractivity (Wildman–Crippen MR) is 59.8 cm³/mol. The van der Waals surface area contributed by atoms with Crippen LogP contribution in [-0.2, 0) is 4.79 Å². The largest absolute Gasteiger partial charge is 0.282 e. The molecule has 0 saturated heterocycles. The van der Waals surface area contributed by atoms with Crippen LogP contribution in [0.2, 0.25) is 6.04 Å². The molecule has 0 aliphatic carbocycles. The molecule has 0 amide bonds. The number of carbonyl (C=O) groups is 1. The highest BCUT2D eigenvalue weighted by molar-refractivity contribution is 6.72. The third-order valence-corrected chi connectivity index (χ3v) is 4.82. The molecule has 3 heteroatoms. The van der Waals surface area contributed by atoms with Crippen molar-refractivity contribution in [2.75, 3.05) is 0 Å². The Morgan fingerprint density at radius 3 is 2.77 bits per heavy atom. The van der Waals surface area contributed by atoms with E-state index in [-0.39, 0.29) is 5.24 Å². The molecule has 0 aliphatic heterocycles. The lowest BCUT2D eigenvalue weighted by molar-refractivity contribution is -0.109. The SMILES string of the molecule is Cc1cccc([SiH2]CC(=O)Cl)c1C. The number of carbonyl (C=O) groups excluding carboxylic acids is 1. The van der Waals surface area contributed by atoms with Crippen molar-refractivity contribution in [3.05, 3.63) is 29.3 Å². The highest BCUT2D eigenvalue weighted by atomic mass is 35.5. The molecule has 0 unspecified atom stereocenters. The van der Waals surface area contributed by atoms with Gasteiger partial charge in [0.15, 0.2) is 0 Å². The van der Waals surface area contributed by atoms with Gasteiger partial charge in [0.2, 0.25) is 5.24 Å². The molecule has 0 aliphatic rings. The van der Waals surface area contributed by atoms with Crippen LogP contribution in [0, 0.1) is 13.8 Å². The first-order valence-corrected chi connectivity index (χ1v) is 6.43. The van der Waals surface area contributed by atoms with Gasteiger partial charge in [0.05, 0.1) is 9.52 Å². The molecule has 1 nitrogen and oxygen atoms in total. The zero-order chi connectivity index (χ0) is 9.84. The minimum Gasteiger partial charge on any atom is -0.282 e. The molecule has 0 N–H and O–H groups in total. The van der Waals surface area contributed by atoms with Crippen molar-refractivity contribution in [2.45, 2.75) is 19.9 Å². The summed E-state index contributed by atoms with van der Waals surface area (Å²) in [6, 6.07) is 6.80.